The number of carbonyl (C=O) groups excluding carboxylic acids is 1. The number of sulfonamides is 1. The van der Waals surface area contributed by atoms with E-state index < -0.39 is 21.7 Å². The zero-order valence-electron chi connectivity index (χ0n) is 20.2. The second-order valence-corrected chi connectivity index (χ2v) is 11.5. The number of piperazine rings is 1. The third-order valence-electron chi connectivity index (χ3n) is 6.21. The summed E-state index contributed by atoms with van der Waals surface area (Å²) in [5.41, 5.74) is 0.986. The highest BCUT2D eigenvalue weighted by Gasteiger charge is 2.21. The molecule has 198 valence electrons. The summed E-state index contributed by atoms with van der Waals surface area (Å²) >= 11 is 1.28. The Labute approximate surface area is 223 Å². The summed E-state index contributed by atoms with van der Waals surface area (Å²) in [6.07, 6.45) is 0. The highest BCUT2D eigenvalue weighted by atomic mass is 32.2. The highest BCUT2D eigenvalue weighted by molar-refractivity contribution is 7.92. The number of carbonyl (C=O) groups is 1. The Morgan fingerprint density at radius 3 is 2.39 bits per heavy atom. The van der Waals surface area contributed by atoms with Crippen molar-refractivity contribution in [1.82, 2.24) is 15.2 Å². The maximum absolute atomic E-state index is 14.0. The second kappa shape index (κ2) is 11.0. The van der Waals surface area contributed by atoms with Crippen LogP contribution in [-0.2, 0) is 10.0 Å². The van der Waals surface area contributed by atoms with Crippen LogP contribution in [0.3, 0.4) is 0 Å². The van der Waals surface area contributed by atoms with Crippen molar-refractivity contribution in [3.63, 3.8) is 0 Å². The van der Waals surface area contributed by atoms with Crippen LogP contribution < -0.4 is 14.9 Å². The average molecular weight is 558 g/mol. The molecule has 1 fully saturated rings. The Bertz CT molecular complexity index is 1540. The minimum absolute atomic E-state index is 0.159. The molecular weight excluding hydrogens is 532 g/mol. The van der Waals surface area contributed by atoms with E-state index >= 15 is 0 Å². The topological polar surface area (TPSA) is 94.6 Å². The number of halogens is 2. The van der Waals surface area contributed by atoms with Crippen molar-refractivity contribution in [2.75, 3.05) is 48.9 Å². The molecule has 1 aliphatic rings. The summed E-state index contributed by atoms with van der Waals surface area (Å²) in [6.45, 7) is 4.00. The predicted octanol–water partition coefficient (Wildman–Crippen LogP) is 3.93. The lowest BCUT2D eigenvalue weighted by Gasteiger charge is -2.34. The second-order valence-electron chi connectivity index (χ2n) is 8.81. The molecule has 12 heteroatoms. The van der Waals surface area contributed by atoms with E-state index in [1.54, 1.807) is 42.5 Å². The third-order valence-corrected chi connectivity index (χ3v) is 8.67. The number of amides is 1. The largest absolute Gasteiger partial charge is 0.351 e. The number of thiazole rings is 1. The fraction of sp³-hybridized carbons (Fsp3) is 0.231. The summed E-state index contributed by atoms with van der Waals surface area (Å²) in [4.78, 5) is 21.3. The van der Waals surface area contributed by atoms with Crippen LogP contribution in [0, 0.1) is 11.6 Å². The van der Waals surface area contributed by atoms with E-state index in [0.29, 0.717) is 47.3 Å². The monoisotopic (exact) mass is 557 g/mol. The van der Waals surface area contributed by atoms with Gasteiger partial charge in [0.05, 0.1) is 9.60 Å². The molecule has 0 radical (unpaired) electrons. The van der Waals surface area contributed by atoms with Crippen molar-refractivity contribution < 1.29 is 22.0 Å². The van der Waals surface area contributed by atoms with Gasteiger partial charge in [0.2, 0.25) is 0 Å². The van der Waals surface area contributed by atoms with Gasteiger partial charge in [0.15, 0.2) is 10.9 Å². The highest BCUT2D eigenvalue weighted by Crippen LogP contribution is 2.31. The van der Waals surface area contributed by atoms with Gasteiger partial charge in [-0.05, 0) is 42.5 Å². The lowest BCUT2D eigenvalue weighted by Crippen LogP contribution is -2.48. The first-order valence-corrected chi connectivity index (χ1v) is 14.3. The number of rotatable bonds is 8. The minimum atomic E-state index is -3.70. The molecular formula is C26H25F2N5O3S2. The van der Waals surface area contributed by atoms with Crippen LogP contribution in [0.15, 0.2) is 71.6 Å². The smallest absolute Gasteiger partial charge is 0.261 e. The molecule has 1 aliphatic heterocycles. The standard InChI is InChI=1S/C26H25F2N5O3S2/c27-19-16-22(28)24-23(17-19)37-26(30-24)33-14-12-32(13-15-33)11-10-29-25(34)18-6-8-20(9-7-18)31-38(35,36)21-4-2-1-3-5-21/h1-9,16-17,31H,10-15H2,(H,29,34). The van der Waals surface area contributed by atoms with E-state index in [0.717, 1.165) is 19.2 Å². The first-order valence-electron chi connectivity index (χ1n) is 12.0. The molecule has 0 atom stereocenters. The number of aromatic nitrogens is 1. The van der Waals surface area contributed by atoms with Crippen LogP contribution in [0.2, 0.25) is 0 Å². The molecule has 0 aliphatic carbocycles. The molecule has 3 aromatic carbocycles. The molecule has 2 N–H and O–H groups in total. The van der Waals surface area contributed by atoms with Gasteiger partial charge in [0, 0.05) is 56.6 Å². The predicted molar refractivity (Wildman–Crippen MR) is 144 cm³/mol. The van der Waals surface area contributed by atoms with E-state index in [-0.39, 0.29) is 16.3 Å². The number of benzene rings is 3. The summed E-state index contributed by atoms with van der Waals surface area (Å²) in [5.74, 6) is -1.51. The Morgan fingerprint density at radius 2 is 1.68 bits per heavy atom. The van der Waals surface area contributed by atoms with Crippen LogP contribution in [0.25, 0.3) is 10.2 Å². The summed E-state index contributed by atoms with van der Waals surface area (Å²) in [7, 11) is -3.70. The molecule has 1 saturated heterocycles. The fourth-order valence-corrected chi connectivity index (χ4v) is 6.31. The van der Waals surface area contributed by atoms with Gasteiger partial charge in [0.1, 0.15) is 11.3 Å². The molecule has 1 amide bonds. The fourth-order valence-electron chi connectivity index (χ4n) is 4.18. The van der Waals surface area contributed by atoms with E-state index in [2.05, 4.69) is 24.8 Å². The maximum Gasteiger partial charge on any atom is 0.261 e. The molecule has 8 nitrogen and oxygen atoms in total. The summed E-state index contributed by atoms with van der Waals surface area (Å²) in [5, 5.41) is 3.56. The zero-order valence-corrected chi connectivity index (χ0v) is 21.9. The Hall–Kier alpha value is -3.61. The lowest BCUT2D eigenvalue weighted by atomic mass is 10.2. The normalized spacial score (nSPS) is 14.5. The number of nitrogens with zero attached hydrogens (tertiary/aromatic N) is 3. The number of hydrogen-bond donors (Lipinski definition) is 2. The van der Waals surface area contributed by atoms with E-state index in [9.17, 15) is 22.0 Å². The third kappa shape index (κ3) is 5.93. The van der Waals surface area contributed by atoms with Crippen LogP contribution in [0.5, 0.6) is 0 Å². The number of hydrogen-bond acceptors (Lipinski definition) is 7. The maximum atomic E-state index is 14.0. The quantitative estimate of drug-likeness (QED) is 0.341. The number of nitrogens with one attached hydrogen (secondary N) is 2. The van der Waals surface area contributed by atoms with Gasteiger partial charge >= 0.3 is 0 Å². The first-order chi connectivity index (χ1) is 18.3. The van der Waals surface area contributed by atoms with Gasteiger partial charge in [-0.25, -0.2) is 22.2 Å². The summed E-state index contributed by atoms with van der Waals surface area (Å²) < 4.78 is 55.4. The van der Waals surface area contributed by atoms with Crippen LogP contribution in [0.1, 0.15) is 10.4 Å². The van der Waals surface area contributed by atoms with Gasteiger partial charge in [-0.3, -0.25) is 14.4 Å². The van der Waals surface area contributed by atoms with Crippen molar-refractivity contribution in [2.45, 2.75) is 4.90 Å². The van der Waals surface area contributed by atoms with Crippen molar-refractivity contribution in [1.29, 1.82) is 0 Å². The zero-order chi connectivity index (χ0) is 26.7. The molecule has 5 rings (SSSR count). The van der Waals surface area contributed by atoms with Gasteiger partial charge in [0.25, 0.3) is 15.9 Å². The lowest BCUT2D eigenvalue weighted by molar-refractivity contribution is 0.0948. The van der Waals surface area contributed by atoms with Gasteiger partial charge in [-0.1, -0.05) is 29.5 Å². The molecule has 4 aromatic rings. The van der Waals surface area contributed by atoms with Crippen molar-refractivity contribution in [3.8, 4) is 0 Å². The van der Waals surface area contributed by atoms with Gasteiger partial charge in [-0.2, -0.15) is 0 Å². The van der Waals surface area contributed by atoms with Crippen LogP contribution in [0.4, 0.5) is 19.6 Å². The first kappa shape index (κ1) is 26.0. The Balaban J connectivity index is 1.08. The van der Waals surface area contributed by atoms with Crippen LogP contribution >= 0.6 is 11.3 Å². The molecule has 0 saturated carbocycles. The van der Waals surface area contributed by atoms with Crippen molar-refractivity contribution in [3.05, 3.63) is 83.9 Å². The van der Waals surface area contributed by atoms with Gasteiger partial charge in [-0.15, -0.1) is 0 Å². The van der Waals surface area contributed by atoms with Crippen LogP contribution in [-0.4, -0.2) is 63.5 Å². The average Bonchev–Trinajstić information content (AvgIpc) is 3.34. The van der Waals surface area contributed by atoms with E-state index in [1.807, 2.05) is 0 Å². The molecule has 1 aromatic heterocycles. The SMILES string of the molecule is O=C(NCCN1CCN(c2nc3c(F)cc(F)cc3s2)CC1)c1ccc(NS(=O)(=O)c2ccccc2)cc1. The Morgan fingerprint density at radius 1 is 0.974 bits per heavy atom. The van der Waals surface area contributed by atoms with E-state index in [4.69, 9.17) is 0 Å². The van der Waals surface area contributed by atoms with Gasteiger partial charge < -0.3 is 10.2 Å². The van der Waals surface area contributed by atoms with Crippen molar-refractivity contribution >= 4 is 48.3 Å². The molecule has 38 heavy (non-hydrogen) atoms. The van der Waals surface area contributed by atoms with Crippen molar-refractivity contribution in [2.24, 2.45) is 0 Å². The Kier molecular flexibility index (Phi) is 7.54. The number of anilines is 2. The van der Waals surface area contributed by atoms with E-state index in [1.165, 1.54) is 29.5 Å². The molecule has 0 spiro atoms. The molecule has 2 heterocycles. The number of fused-ring (bicyclic) bond motifs is 1. The molecule has 0 bridgehead atoms. The summed E-state index contributed by atoms with van der Waals surface area (Å²) in [6, 6.07) is 16.5. The minimum Gasteiger partial charge on any atom is -0.351 e. The molecule has 0 unspecified atom stereocenters.